The van der Waals surface area contributed by atoms with Gasteiger partial charge in [-0.15, -0.1) is 0 Å². The number of hydroxylamine groups is 1. The van der Waals surface area contributed by atoms with Gasteiger partial charge in [-0.2, -0.15) is 0 Å². The van der Waals surface area contributed by atoms with Gasteiger partial charge in [-0.1, -0.05) is 31.4 Å². The van der Waals surface area contributed by atoms with E-state index in [0.717, 1.165) is 18.5 Å². The van der Waals surface area contributed by atoms with Crippen molar-refractivity contribution in [3.8, 4) is 0 Å². The molecule has 120 valence electrons. The van der Waals surface area contributed by atoms with Crippen LogP contribution in [0.1, 0.15) is 43.2 Å². The zero-order valence-corrected chi connectivity index (χ0v) is 12.6. The number of hydrogen-bond acceptors (Lipinski definition) is 3. The molecule has 0 bridgehead atoms. The Hall–Kier alpha value is -1.72. The number of hydrogen-bond donors (Lipinski definition) is 3. The van der Waals surface area contributed by atoms with Crippen molar-refractivity contribution in [1.82, 2.24) is 10.8 Å². The van der Waals surface area contributed by atoms with Crippen LogP contribution in [0.15, 0.2) is 24.3 Å². The molecule has 3 N–H and O–H groups in total. The van der Waals surface area contributed by atoms with Gasteiger partial charge in [0, 0.05) is 18.2 Å². The highest BCUT2D eigenvalue weighted by Crippen LogP contribution is 2.23. The van der Waals surface area contributed by atoms with Crippen LogP contribution in [-0.2, 0) is 11.3 Å². The minimum atomic E-state index is -0.640. The van der Waals surface area contributed by atoms with Crippen molar-refractivity contribution in [2.75, 3.05) is 6.54 Å². The van der Waals surface area contributed by atoms with Gasteiger partial charge in [0.1, 0.15) is 5.82 Å². The van der Waals surface area contributed by atoms with E-state index >= 15 is 0 Å². The zero-order chi connectivity index (χ0) is 15.8. The number of carbonyl (C=O) groups excluding carboxylic acids is 1. The molecule has 1 saturated carbocycles. The smallest absolute Gasteiger partial charge is 0.267 e. The van der Waals surface area contributed by atoms with Crippen LogP contribution in [0.4, 0.5) is 4.39 Å². The summed E-state index contributed by atoms with van der Waals surface area (Å²) >= 11 is 0. The highest BCUT2D eigenvalue weighted by Gasteiger charge is 2.13. The summed E-state index contributed by atoms with van der Waals surface area (Å²) in [5.41, 5.74) is 2.70. The molecule has 22 heavy (non-hydrogen) atoms. The van der Waals surface area contributed by atoms with Crippen molar-refractivity contribution in [3.63, 3.8) is 0 Å². The van der Waals surface area contributed by atoms with E-state index in [1.165, 1.54) is 49.7 Å². The topological polar surface area (TPSA) is 61.4 Å². The van der Waals surface area contributed by atoms with Crippen LogP contribution in [0.3, 0.4) is 0 Å². The Labute approximate surface area is 130 Å². The maximum atomic E-state index is 14.0. The Balaban J connectivity index is 1.84. The lowest BCUT2D eigenvalue weighted by Crippen LogP contribution is -2.24. The van der Waals surface area contributed by atoms with Gasteiger partial charge in [0.25, 0.3) is 5.91 Å². The van der Waals surface area contributed by atoms with Gasteiger partial charge in [0.15, 0.2) is 0 Å². The van der Waals surface area contributed by atoms with Gasteiger partial charge in [-0.05, 0) is 43.0 Å². The molecule has 1 aromatic carbocycles. The van der Waals surface area contributed by atoms with Crippen LogP contribution >= 0.6 is 0 Å². The van der Waals surface area contributed by atoms with Crippen molar-refractivity contribution in [2.45, 2.75) is 38.6 Å². The molecule has 5 heteroatoms. The van der Waals surface area contributed by atoms with Gasteiger partial charge in [-0.25, -0.2) is 9.87 Å². The molecular formula is C17H23FN2O2. The number of amides is 1. The second kappa shape index (κ2) is 8.66. The lowest BCUT2D eigenvalue weighted by atomic mass is 9.89. The maximum Gasteiger partial charge on any atom is 0.267 e. The normalized spacial score (nSPS) is 16.1. The second-order valence-corrected chi connectivity index (χ2v) is 5.80. The lowest BCUT2D eigenvalue weighted by molar-refractivity contribution is -0.124. The average Bonchev–Trinajstić information content (AvgIpc) is 2.55. The summed E-state index contributed by atoms with van der Waals surface area (Å²) in [6.45, 7) is 1.46. The molecule has 0 unspecified atom stereocenters. The van der Waals surface area contributed by atoms with Crippen molar-refractivity contribution >= 4 is 12.0 Å². The zero-order valence-electron chi connectivity index (χ0n) is 12.6. The van der Waals surface area contributed by atoms with Crippen LogP contribution in [-0.4, -0.2) is 17.7 Å². The fraction of sp³-hybridized carbons (Fsp3) is 0.471. The van der Waals surface area contributed by atoms with Gasteiger partial charge in [0.2, 0.25) is 0 Å². The molecule has 0 heterocycles. The number of carbonyl (C=O) groups is 1. The van der Waals surface area contributed by atoms with E-state index in [2.05, 4.69) is 5.32 Å². The summed E-state index contributed by atoms with van der Waals surface area (Å²) in [6, 6.07) is 4.86. The van der Waals surface area contributed by atoms with Crippen LogP contribution in [0.5, 0.6) is 0 Å². The van der Waals surface area contributed by atoms with E-state index in [1.807, 2.05) is 0 Å². The molecule has 0 aromatic heterocycles. The van der Waals surface area contributed by atoms with E-state index < -0.39 is 5.91 Å². The second-order valence-electron chi connectivity index (χ2n) is 5.80. The molecule has 1 aliphatic rings. The van der Waals surface area contributed by atoms with Crippen molar-refractivity contribution < 1.29 is 14.4 Å². The quantitative estimate of drug-likeness (QED) is 0.430. The molecular weight excluding hydrogens is 283 g/mol. The molecule has 4 nitrogen and oxygen atoms in total. The van der Waals surface area contributed by atoms with Crippen LogP contribution in [0.25, 0.3) is 6.08 Å². The molecule has 2 rings (SSSR count). The molecule has 1 aliphatic carbocycles. The number of rotatable bonds is 6. The molecule has 0 radical (unpaired) electrons. The third kappa shape index (κ3) is 5.24. The largest absolute Gasteiger partial charge is 0.312 e. The summed E-state index contributed by atoms with van der Waals surface area (Å²) < 4.78 is 14.0. The highest BCUT2D eigenvalue weighted by molar-refractivity contribution is 5.90. The molecule has 1 fully saturated rings. The van der Waals surface area contributed by atoms with Crippen LogP contribution in [0.2, 0.25) is 0 Å². The first-order chi connectivity index (χ1) is 10.7. The Morgan fingerprint density at radius 2 is 2.09 bits per heavy atom. The fourth-order valence-electron chi connectivity index (χ4n) is 2.82. The van der Waals surface area contributed by atoms with Gasteiger partial charge >= 0.3 is 0 Å². The highest BCUT2D eigenvalue weighted by atomic mass is 19.1. The van der Waals surface area contributed by atoms with Gasteiger partial charge < -0.3 is 5.32 Å². The minimum absolute atomic E-state index is 0.289. The van der Waals surface area contributed by atoms with Crippen molar-refractivity contribution in [2.24, 2.45) is 5.92 Å². The molecule has 0 aliphatic heterocycles. The van der Waals surface area contributed by atoms with Gasteiger partial charge in [-0.3, -0.25) is 10.0 Å². The van der Waals surface area contributed by atoms with E-state index in [4.69, 9.17) is 5.21 Å². The first-order valence-corrected chi connectivity index (χ1v) is 7.80. The Kier molecular flexibility index (Phi) is 6.55. The lowest BCUT2D eigenvalue weighted by Gasteiger charge is -2.21. The standard InChI is InChI=1S/C17H23FN2O2/c18-16-10-13(7-9-17(21)20-22)6-8-15(16)12-19-11-14-4-2-1-3-5-14/h6-10,14,19,22H,1-5,11-12H2,(H,20,21)/b9-7+. The molecule has 0 atom stereocenters. The maximum absolute atomic E-state index is 14.0. The third-order valence-electron chi connectivity index (χ3n) is 4.09. The third-order valence-corrected chi connectivity index (χ3v) is 4.09. The summed E-state index contributed by atoms with van der Waals surface area (Å²) in [7, 11) is 0. The Bertz CT molecular complexity index is 525. The predicted octanol–water partition coefficient (Wildman–Crippen LogP) is 3.01. The Morgan fingerprint density at radius 1 is 1.32 bits per heavy atom. The number of halogens is 1. The monoisotopic (exact) mass is 306 g/mol. The van der Waals surface area contributed by atoms with Crippen LogP contribution < -0.4 is 10.8 Å². The first kappa shape index (κ1) is 16.6. The summed E-state index contributed by atoms with van der Waals surface area (Å²) in [5, 5.41) is 11.7. The molecule has 1 aromatic rings. The SMILES string of the molecule is O=C(/C=C/c1ccc(CNCC2CCCCC2)c(F)c1)NO. The molecule has 1 amide bonds. The van der Waals surface area contributed by atoms with Crippen molar-refractivity contribution in [3.05, 3.63) is 41.2 Å². The predicted molar refractivity (Wildman–Crippen MR) is 83.6 cm³/mol. The summed E-state index contributed by atoms with van der Waals surface area (Å²) in [5.74, 6) is -0.211. The first-order valence-electron chi connectivity index (χ1n) is 7.80. The van der Waals surface area contributed by atoms with Crippen LogP contribution in [0, 0.1) is 11.7 Å². The number of benzene rings is 1. The number of nitrogens with one attached hydrogen (secondary N) is 2. The van der Waals surface area contributed by atoms with Crippen molar-refractivity contribution in [1.29, 1.82) is 0 Å². The Morgan fingerprint density at radius 3 is 2.77 bits per heavy atom. The average molecular weight is 306 g/mol. The molecule has 0 spiro atoms. The minimum Gasteiger partial charge on any atom is -0.312 e. The van der Waals surface area contributed by atoms with E-state index in [9.17, 15) is 9.18 Å². The fourth-order valence-corrected chi connectivity index (χ4v) is 2.82. The molecule has 0 saturated heterocycles. The van der Waals surface area contributed by atoms with E-state index in [-0.39, 0.29) is 5.82 Å². The van der Waals surface area contributed by atoms with Gasteiger partial charge in [0.05, 0.1) is 0 Å². The van der Waals surface area contributed by atoms with E-state index in [1.54, 1.807) is 12.1 Å². The van der Waals surface area contributed by atoms with E-state index in [0.29, 0.717) is 17.7 Å². The summed E-state index contributed by atoms with van der Waals surface area (Å²) in [4.78, 5) is 10.9. The summed E-state index contributed by atoms with van der Waals surface area (Å²) in [6.07, 6.45) is 9.10.